The summed E-state index contributed by atoms with van der Waals surface area (Å²) in [5.74, 6) is 0. The van der Waals surface area contributed by atoms with Crippen LogP contribution in [0.3, 0.4) is 0 Å². The maximum atomic E-state index is 3.50. The average molecular weight is 283 g/mol. The smallest absolute Gasteiger partial charge is 0.0175 e. The molecule has 0 aliphatic carbocycles. The molecule has 2 rings (SSSR count). The molecule has 0 aromatic heterocycles. The molecule has 2 nitrogen and oxygen atoms in total. The van der Waals surface area contributed by atoms with E-state index in [4.69, 9.17) is 0 Å². The van der Waals surface area contributed by atoms with Crippen LogP contribution in [0.25, 0.3) is 0 Å². The second kappa shape index (κ2) is 5.30. The van der Waals surface area contributed by atoms with E-state index in [1.807, 2.05) is 0 Å². The van der Waals surface area contributed by atoms with Gasteiger partial charge >= 0.3 is 0 Å². The maximum Gasteiger partial charge on any atom is 0.0175 e. The molecule has 1 aromatic carbocycles. The van der Waals surface area contributed by atoms with Crippen molar-refractivity contribution in [2.24, 2.45) is 5.41 Å². The fourth-order valence-electron chi connectivity index (χ4n) is 2.24. The van der Waals surface area contributed by atoms with E-state index in [9.17, 15) is 0 Å². The third-order valence-corrected chi connectivity index (χ3v) is 3.65. The van der Waals surface area contributed by atoms with Crippen LogP contribution in [0.5, 0.6) is 0 Å². The Morgan fingerprint density at radius 3 is 2.25 bits per heavy atom. The zero-order valence-corrected chi connectivity index (χ0v) is 11.3. The Labute approximate surface area is 106 Å². The van der Waals surface area contributed by atoms with Gasteiger partial charge in [-0.25, -0.2) is 0 Å². The van der Waals surface area contributed by atoms with Gasteiger partial charge in [-0.15, -0.1) is 0 Å². The predicted octanol–water partition coefficient (Wildman–Crippen LogP) is 2.19. The van der Waals surface area contributed by atoms with Crippen molar-refractivity contribution in [2.45, 2.75) is 13.3 Å². The topological polar surface area (TPSA) is 24.1 Å². The van der Waals surface area contributed by atoms with Crippen LogP contribution in [0.2, 0.25) is 0 Å². The van der Waals surface area contributed by atoms with Gasteiger partial charge in [-0.3, -0.25) is 0 Å². The van der Waals surface area contributed by atoms with Crippen LogP contribution in [0.15, 0.2) is 28.7 Å². The van der Waals surface area contributed by atoms with E-state index in [-0.39, 0.29) is 0 Å². The molecule has 0 spiro atoms. The number of hydrogen-bond acceptors (Lipinski definition) is 2. The maximum absolute atomic E-state index is 3.50. The van der Waals surface area contributed by atoms with E-state index >= 15 is 0 Å². The van der Waals surface area contributed by atoms with Crippen molar-refractivity contribution in [3.8, 4) is 0 Å². The van der Waals surface area contributed by atoms with Gasteiger partial charge in [0.15, 0.2) is 0 Å². The Hall–Kier alpha value is -0.380. The molecule has 0 atom stereocenters. The van der Waals surface area contributed by atoms with Crippen molar-refractivity contribution >= 4 is 15.9 Å². The quantitative estimate of drug-likeness (QED) is 0.869. The first kappa shape index (κ1) is 12.1. The third kappa shape index (κ3) is 3.30. The highest BCUT2D eigenvalue weighted by Crippen LogP contribution is 2.23. The Balaban J connectivity index is 2.04. The van der Waals surface area contributed by atoms with Gasteiger partial charge in [-0.2, -0.15) is 0 Å². The van der Waals surface area contributed by atoms with E-state index in [1.165, 1.54) is 5.56 Å². The van der Waals surface area contributed by atoms with E-state index in [1.54, 1.807) is 0 Å². The first-order valence-corrected chi connectivity index (χ1v) is 6.63. The van der Waals surface area contributed by atoms with Crippen LogP contribution >= 0.6 is 15.9 Å². The fraction of sp³-hybridized carbons (Fsp3) is 0.538. The monoisotopic (exact) mass is 282 g/mol. The summed E-state index contributed by atoms with van der Waals surface area (Å²) >= 11 is 3.47. The van der Waals surface area contributed by atoms with Gasteiger partial charge in [0.2, 0.25) is 0 Å². The molecule has 1 aromatic rings. The molecular weight excluding hydrogens is 264 g/mol. The Morgan fingerprint density at radius 1 is 1.12 bits per heavy atom. The molecule has 2 N–H and O–H groups in total. The first-order valence-electron chi connectivity index (χ1n) is 5.84. The van der Waals surface area contributed by atoms with Crippen molar-refractivity contribution in [1.29, 1.82) is 0 Å². The van der Waals surface area contributed by atoms with Gasteiger partial charge in [0, 0.05) is 30.7 Å². The summed E-state index contributed by atoms with van der Waals surface area (Å²) in [6.45, 7) is 6.69. The van der Waals surface area contributed by atoms with Gasteiger partial charge < -0.3 is 10.6 Å². The Morgan fingerprint density at radius 2 is 1.69 bits per heavy atom. The largest absolute Gasteiger partial charge is 0.315 e. The minimum absolute atomic E-state index is 0.324. The number of nitrogens with one attached hydrogen (secondary N) is 2. The predicted molar refractivity (Wildman–Crippen MR) is 71.7 cm³/mol. The molecule has 0 radical (unpaired) electrons. The summed E-state index contributed by atoms with van der Waals surface area (Å²) in [5, 5.41) is 7.00. The molecule has 3 heteroatoms. The SMILES string of the molecule is CC1(Cc2ccc(Br)cc2)CNCCNC1. The number of rotatable bonds is 2. The standard InChI is InChI=1S/C13H19BrN2/c1-13(9-15-6-7-16-10-13)8-11-2-4-12(14)5-3-11/h2-5,15-16H,6-10H2,1H3. The fourth-order valence-corrected chi connectivity index (χ4v) is 2.50. The van der Waals surface area contributed by atoms with Crippen LogP contribution in [0.4, 0.5) is 0 Å². The number of hydrogen-bond donors (Lipinski definition) is 2. The number of benzene rings is 1. The zero-order chi connectivity index (χ0) is 11.4. The Bertz CT molecular complexity index is 326. The molecule has 1 fully saturated rings. The van der Waals surface area contributed by atoms with E-state index in [0.717, 1.165) is 37.1 Å². The summed E-state index contributed by atoms with van der Waals surface area (Å²) in [5.41, 5.74) is 1.74. The van der Waals surface area contributed by atoms with Gasteiger partial charge in [0.25, 0.3) is 0 Å². The van der Waals surface area contributed by atoms with Crippen molar-refractivity contribution in [3.63, 3.8) is 0 Å². The molecule has 16 heavy (non-hydrogen) atoms. The highest BCUT2D eigenvalue weighted by molar-refractivity contribution is 9.10. The van der Waals surface area contributed by atoms with Gasteiger partial charge in [-0.05, 0) is 29.5 Å². The lowest BCUT2D eigenvalue weighted by Gasteiger charge is -2.28. The second-order valence-corrected chi connectivity index (χ2v) is 5.88. The third-order valence-electron chi connectivity index (χ3n) is 3.13. The van der Waals surface area contributed by atoms with Gasteiger partial charge in [-0.1, -0.05) is 35.0 Å². The lowest BCUT2D eigenvalue weighted by atomic mass is 9.83. The van der Waals surface area contributed by atoms with Crippen LogP contribution in [0.1, 0.15) is 12.5 Å². The molecule has 88 valence electrons. The molecule has 0 saturated carbocycles. The highest BCUT2D eigenvalue weighted by Gasteiger charge is 2.25. The number of halogens is 1. The van der Waals surface area contributed by atoms with E-state index < -0.39 is 0 Å². The highest BCUT2D eigenvalue weighted by atomic mass is 79.9. The summed E-state index contributed by atoms with van der Waals surface area (Å²) in [6, 6.07) is 8.66. The molecule has 0 amide bonds. The van der Waals surface area contributed by atoms with Crippen molar-refractivity contribution < 1.29 is 0 Å². The summed E-state index contributed by atoms with van der Waals surface area (Å²) in [6.07, 6.45) is 1.13. The van der Waals surface area contributed by atoms with Crippen LogP contribution < -0.4 is 10.6 Å². The molecule has 1 saturated heterocycles. The van der Waals surface area contributed by atoms with Gasteiger partial charge in [0.05, 0.1) is 0 Å². The molecular formula is C13H19BrN2. The zero-order valence-electron chi connectivity index (χ0n) is 9.72. The summed E-state index contributed by atoms with van der Waals surface area (Å²) < 4.78 is 1.15. The van der Waals surface area contributed by atoms with Crippen molar-refractivity contribution in [1.82, 2.24) is 10.6 Å². The molecule has 0 bridgehead atoms. The van der Waals surface area contributed by atoms with Crippen molar-refractivity contribution in [3.05, 3.63) is 34.3 Å². The minimum Gasteiger partial charge on any atom is -0.315 e. The van der Waals surface area contributed by atoms with Crippen LogP contribution in [-0.4, -0.2) is 26.2 Å². The summed E-state index contributed by atoms with van der Waals surface area (Å²) in [7, 11) is 0. The average Bonchev–Trinajstić information content (AvgIpc) is 2.47. The molecule has 1 aliphatic rings. The summed E-state index contributed by atoms with van der Waals surface area (Å²) in [4.78, 5) is 0. The van der Waals surface area contributed by atoms with Crippen LogP contribution in [0, 0.1) is 5.41 Å². The van der Waals surface area contributed by atoms with E-state index in [2.05, 4.69) is 57.8 Å². The lowest BCUT2D eigenvalue weighted by molar-refractivity contribution is 0.315. The Kier molecular flexibility index (Phi) is 4.00. The van der Waals surface area contributed by atoms with Gasteiger partial charge in [0.1, 0.15) is 0 Å². The van der Waals surface area contributed by atoms with Crippen LogP contribution in [-0.2, 0) is 6.42 Å². The molecule has 0 unspecified atom stereocenters. The van der Waals surface area contributed by atoms with Crippen molar-refractivity contribution in [2.75, 3.05) is 26.2 Å². The molecule has 1 heterocycles. The second-order valence-electron chi connectivity index (χ2n) is 4.97. The molecule has 1 aliphatic heterocycles. The normalized spacial score (nSPS) is 20.4. The lowest BCUT2D eigenvalue weighted by Crippen LogP contribution is -2.37. The first-order chi connectivity index (χ1) is 7.68. The van der Waals surface area contributed by atoms with E-state index in [0.29, 0.717) is 5.41 Å². The minimum atomic E-state index is 0.324.